The number of aromatic nitrogens is 3. The lowest BCUT2D eigenvalue weighted by Gasteiger charge is -2.18. The van der Waals surface area contributed by atoms with Crippen molar-refractivity contribution in [1.29, 1.82) is 0 Å². The number of fused-ring (bicyclic) bond motifs is 1. The molecule has 4 rings (SSSR count). The molecule has 0 bridgehead atoms. The van der Waals surface area contributed by atoms with Gasteiger partial charge in [-0.1, -0.05) is 18.2 Å². The fourth-order valence-electron chi connectivity index (χ4n) is 3.99. The van der Waals surface area contributed by atoms with Gasteiger partial charge < -0.3 is 13.9 Å². The molecule has 7 nitrogen and oxygen atoms in total. The third kappa shape index (κ3) is 3.69. The van der Waals surface area contributed by atoms with E-state index in [9.17, 15) is 17.6 Å². The second-order valence-electron chi connectivity index (χ2n) is 7.52. The van der Waals surface area contributed by atoms with Crippen LogP contribution in [0.5, 0.6) is 0 Å². The van der Waals surface area contributed by atoms with Crippen LogP contribution in [0.15, 0.2) is 66.0 Å². The van der Waals surface area contributed by atoms with Gasteiger partial charge in [-0.2, -0.15) is 0 Å². The monoisotopic (exact) mass is 455 g/mol. The average Bonchev–Trinajstić information content (AvgIpc) is 3.31. The van der Waals surface area contributed by atoms with Crippen molar-refractivity contribution in [2.75, 3.05) is 7.11 Å². The van der Waals surface area contributed by atoms with Gasteiger partial charge in [-0.05, 0) is 37.3 Å². The second-order valence-corrected chi connectivity index (χ2v) is 9.56. The molecular formula is C23H22FN3O4S. The summed E-state index contributed by atoms with van der Waals surface area (Å²) in [4.78, 5) is 16.5. The summed E-state index contributed by atoms with van der Waals surface area (Å²) in [6, 6.07) is 12.2. The SMILES string of the molecule is COC(=O)Cn1c(C)c(C(c2cn(C)cn2)S(=O)(=O)c2ccccc2)c2cc(F)ccc21. The summed E-state index contributed by atoms with van der Waals surface area (Å²) in [6.07, 6.45) is 3.15. The quantitative estimate of drug-likeness (QED) is 0.415. The number of sulfone groups is 1. The highest BCUT2D eigenvalue weighted by Crippen LogP contribution is 2.41. The Morgan fingerprint density at radius 3 is 2.53 bits per heavy atom. The first kappa shape index (κ1) is 21.8. The van der Waals surface area contributed by atoms with Gasteiger partial charge in [0.1, 0.15) is 17.6 Å². The predicted molar refractivity (Wildman–Crippen MR) is 117 cm³/mol. The lowest BCUT2D eigenvalue weighted by atomic mass is 10.1. The van der Waals surface area contributed by atoms with E-state index in [0.29, 0.717) is 27.9 Å². The van der Waals surface area contributed by atoms with Crippen LogP contribution in [-0.4, -0.2) is 35.6 Å². The normalized spacial score (nSPS) is 12.8. The first-order valence-electron chi connectivity index (χ1n) is 9.86. The Balaban J connectivity index is 2.06. The van der Waals surface area contributed by atoms with E-state index in [1.165, 1.54) is 43.8 Å². The summed E-state index contributed by atoms with van der Waals surface area (Å²) >= 11 is 0. The molecule has 0 aliphatic carbocycles. The molecule has 0 saturated carbocycles. The first-order chi connectivity index (χ1) is 15.2. The number of ether oxygens (including phenoxy) is 1. The molecule has 0 radical (unpaired) electrons. The van der Waals surface area contributed by atoms with Gasteiger partial charge in [0.05, 0.1) is 24.0 Å². The fourth-order valence-corrected chi connectivity index (χ4v) is 5.84. The molecule has 9 heteroatoms. The average molecular weight is 456 g/mol. The molecule has 0 spiro atoms. The van der Waals surface area contributed by atoms with Gasteiger partial charge in [0, 0.05) is 35.4 Å². The Morgan fingerprint density at radius 2 is 1.91 bits per heavy atom. The molecule has 4 aromatic rings. The van der Waals surface area contributed by atoms with Crippen molar-refractivity contribution in [3.8, 4) is 0 Å². The number of nitrogens with zero attached hydrogens (tertiary/aromatic N) is 3. The van der Waals surface area contributed by atoms with Gasteiger partial charge in [0.25, 0.3) is 0 Å². The lowest BCUT2D eigenvalue weighted by molar-refractivity contribution is -0.141. The van der Waals surface area contributed by atoms with Crippen LogP contribution in [0.3, 0.4) is 0 Å². The molecular weight excluding hydrogens is 433 g/mol. The summed E-state index contributed by atoms with van der Waals surface area (Å²) in [5.41, 5.74) is 1.74. The minimum atomic E-state index is -3.97. The standard InChI is InChI=1S/C23H22FN3O4S/c1-15-22(18-11-16(24)9-10-20(18)27(15)13-21(28)31-3)23(19-12-26(2)14-25-19)32(29,30)17-7-5-4-6-8-17/h4-12,14,23H,13H2,1-3H3. The predicted octanol–water partition coefficient (Wildman–Crippen LogP) is 3.56. The van der Waals surface area contributed by atoms with Gasteiger partial charge in [0.2, 0.25) is 0 Å². The van der Waals surface area contributed by atoms with Crippen LogP contribution in [0.25, 0.3) is 10.9 Å². The second kappa shape index (κ2) is 8.23. The molecule has 0 N–H and O–H groups in total. The maximum atomic E-state index is 14.3. The third-order valence-corrected chi connectivity index (χ3v) is 7.51. The number of hydrogen-bond acceptors (Lipinski definition) is 5. The Labute approximate surface area is 185 Å². The van der Waals surface area contributed by atoms with Crippen molar-refractivity contribution in [2.24, 2.45) is 7.05 Å². The van der Waals surface area contributed by atoms with Crippen LogP contribution < -0.4 is 0 Å². The summed E-state index contributed by atoms with van der Waals surface area (Å²) in [6.45, 7) is 1.58. The number of halogens is 1. The van der Waals surface area contributed by atoms with E-state index in [1.54, 1.807) is 47.5 Å². The van der Waals surface area contributed by atoms with Crippen molar-refractivity contribution >= 4 is 26.7 Å². The number of rotatable bonds is 6. The van der Waals surface area contributed by atoms with E-state index in [0.717, 1.165) is 0 Å². The van der Waals surface area contributed by atoms with E-state index in [4.69, 9.17) is 4.74 Å². The summed E-state index contributed by atoms with van der Waals surface area (Å²) < 4.78 is 50.2. The van der Waals surface area contributed by atoms with Crippen LogP contribution in [-0.2, 0) is 33.0 Å². The highest BCUT2D eigenvalue weighted by Gasteiger charge is 2.37. The van der Waals surface area contributed by atoms with Crippen molar-refractivity contribution in [3.63, 3.8) is 0 Å². The van der Waals surface area contributed by atoms with Gasteiger partial charge in [-0.3, -0.25) is 4.79 Å². The van der Waals surface area contributed by atoms with Crippen LogP contribution in [0.2, 0.25) is 0 Å². The number of aryl methyl sites for hydroxylation is 1. The van der Waals surface area contributed by atoms with Crippen molar-refractivity contribution in [1.82, 2.24) is 14.1 Å². The maximum absolute atomic E-state index is 14.3. The molecule has 0 aliphatic rings. The first-order valence-corrected chi connectivity index (χ1v) is 11.4. The minimum absolute atomic E-state index is 0.125. The van der Waals surface area contributed by atoms with Gasteiger partial charge in [-0.15, -0.1) is 0 Å². The summed E-state index contributed by atoms with van der Waals surface area (Å²) in [5.74, 6) is -1.01. The fraction of sp³-hybridized carbons (Fsp3) is 0.217. The van der Waals surface area contributed by atoms with Gasteiger partial charge in [-0.25, -0.2) is 17.8 Å². The molecule has 32 heavy (non-hydrogen) atoms. The molecule has 2 heterocycles. The van der Waals surface area contributed by atoms with Gasteiger partial charge >= 0.3 is 5.97 Å². The number of carbonyl (C=O) groups excluding carboxylic acids is 1. The minimum Gasteiger partial charge on any atom is -0.468 e. The summed E-state index contributed by atoms with van der Waals surface area (Å²) in [5, 5.41) is -0.796. The molecule has 2 aromatic carbocycles. The highest BCUT2D eigenvalue weighted by molar-refractivity contribution is 7.92. The topological polar surface area (TPSA) is 83.2 Å². The number of imidazole rings is 1. The van der Waals surface area contributed by atoms with Crippen molar-refractivity contribution < 1.29 is 22.3 Å². The maximum Gasteiger partial charge on any atom is 0.325 e. The number of benzene rings is 2. The third-order valence-electron chi connectivity index (χ3n) is 5.49. The molecule has 2 aromatic heterocycles. The number of carbonyl (C=O) groups is 1. The molecule has 0 saturated heterocycles. The smallest absolute Gasteiger partial charge is 0.325 e. The Morgan fingerprint density at radius 1 is 1.19 bits per heavy atom. The van der Waals surface area contributed by atoms with E-state index in [1.807, 2.05) is 0 Å². The lowest BCUT2D eigenvalue weighted by Crippen LogP contribution is -2.18. The number of esters is 1. The summed E-state index contributed by atoms with van der Waals surface area (Å²) in [7, 11) is -0.945. The molecule has 166 valence electrons. The van der Waals surface area contributed by atoms with Crippen LogP contribution in [0.1, 0.15) is 22.2 Å². The molecule has 0 amide bonds. The Bertz CT molecular complexity index is 1410. The largest absolute Gasteiger partial charge is 0.468 e. The highest BCUT2D eigenvalue weighted by atomic mass is 32.2. The molecule has 0 aliphatic heterocycles. The Kier molecular flexibility index (Phi) is 5.60. The van der Waals surface area contributed by atoms with Crippen LogP contribution in [0, 0.1) is 12.7 Å². The van der Waals surface area contributed by atoms with Crippen LogP contribution >= 0.6 is 0 Å². The number of methoxy groups -OCH3 is 1. The van der Waals surface area contributed by atoms with Crippen LogP contribution in [0.4, 0.5) is 4.39 Å². The van der Waals surface area contributed by atoms with E-state index >= 15 is 0 Å². The zero-order valence-electron chi connectivity index (χ0n) is 17.8. The zero-order chi connectivity index (χ0) is 23.0. The Hall–Kier alpha value is -3.46. The van der Waals surface area contributed by atoms with E-state index in [2.05, 4.69) is 4.98 Å². The van der Waals surface area contributed by atoms with Crippen molar-refractivity contribution in [2.45, 2.75) is 23.6 Å². The molecule has 1 atom stereocenters. The van der Waals surface area contributed by atoms with Crippen molar-refractivity contribution in [3.05, 3.63) is 83.8 Å². The van der Waals surface area contributed by atoms with E-state index < -0.39 is 26.9 Å². The van der Waals surface area contributed by atoms with E-state index in [-0.39, 0.29) is 11.4 Å². The molecule has 1 unspecified atom stereocenters. The van der Waals surface area contributed by atoms with Gasteiger partial charge in [0.15, 0.2) is 9.84 Å². The molecule has 0 fully saturated rings. The number of hydrogen-bond donors (Lipinski definition) is 0. The zero-order valence-corrected chi connectivity index (χ0v) is 18.6.